The molecule has 2 amide bonds. The first-order valence-electron chi connectivity index (χ1n) is 8.98. The normalized spacial score (nSPS) is 12.8. The highest BCUT2D eigenvalue weighted by Gasteiger charge is 2.24. The van der Waals surface area contributed by atoms with Crippen LogP contribution in [-0.4, -0.2) is 18.4 Å². The van der Waals surface area contributed by atoms with Gasteiger partial charge in [-0.15, -0.1) is 0 Å². The van der Waals surface area contributed by atoms with Gasteiger partial charge < -0.3 is 10.2 Å². The van der Waals surface area contributed by atoms with E-state index in [1.54, 1.807) is 24.3 Å². The number of amides is 2. The van der Waals surface area contributed by atoms with Crippen molar-refractivity contribution in [1.29, 1.82) is 0 Å². The second kappa shape index (κ2) is 7.97. The van der Waals surface area contributed by atoms with Gasteiger partial charge in [0, 0.05) is 29.9 Å². The summed E-state index contributed by atoms with van der Waals surface area (Å²) in [6, 6.07) is 15.2. The van der Waals surface area contributed by atoms with E-state index < -0.39 is 0 Å². The molecule has 0 saturated carbocycles. The third-order valence-corrected chi connectivity index (χ3v) is 4.56. The Morgan fingerprint density at radius 3 is 2.56 bits per heavy atom. The number of hydrogen-bond donors (Lipinski definition) is 1. The molecule has 0 saturated heterocycles. The van der Waals surface area contributed by atoms with Gasteiger partial charge >= 0.3 is 0 Å². The van der Waals surface area contributed by atoms with Crippen molar-refractivity contribution in [1.82, 2.24) is 0 Å². The summed E-state index contributed by atoms with van der Waals surface area (Å²) in [4.78, 5) is 26.4. The van der Waals surface area contributed by atoms with Gasteiger partial charge in [0.25, 0.3) is 5.91 Å². The largest absolute Gasteiger partial charge is 0.326 e. The van der Waals surface area contributed by atoms with E-state index >= 15 is 0 Å². The zero-order chi connectivity index (χ0) is 17.6. The summed E-state index contributed by atoms with van der Waals surface area (Å²) in [6.45, 7) is 2.83. The number of hydrogen-bond acceptors (Lipinski definition) is 2. The van der Waals surface area contributed by atoms with Crippen molar-refractivity contribution in [3.8, 4) is 0 Å². The topological polar surface area (TPSA) is 49.4 Å². The average Bonchev–Trinajstić information content (AvgIpc) is 3.06. The summed E-state index contributed by atoms with van der Waals surface area (Å²) in [5.74, 6) is 0.0340. The molecular formula is C21H24N2O2. The minimum absolute atomic E-state index is 0.00534. The molecule has 3 rings (SSSR count). The maximum Gasteiger partial charge on any atom is 0.258 e. The molecule has 4 heteroatoms. The van der Waals surface area contributed by atoms with E-state index in [4.69, 9.17) is 0 Å². The van der Waals surface area contributed by atoms with Crippen LogP contribution in [0.3, 0.4) is 0 Å². The Morgan fingerprint density at radius 2 is 1.80 bits per heavy atom. The van der Waals surface area contributed by atoms with Crippen LogP contribution in [0.5, 0.6) is 0 Å². The second-order valence-electron chi connectivity index (χ2n) is 6.42. The van der Waals surface area contributed by atoms with Crippen molar-refractivity contribution in [2.45, 2.75) is 39.0 Å². The van der Waals surface area contributed by atoms with Crippen molar-refractivity contribution in [2.24, 2.45) is 0 Å². The Kier molecular flexibility index (Phi) is 5.49. The number of fused-ring (bicyclic) bond motifs is 1. The van der Waals surface area contributed by atoms with Gasteiger partial charge in [0.2, 0.25) is 5.91 Å². The van der Waals surface area contributed by atoms with Crippen LogP contribution < -0.4 is 10.2 Å². The number of anilines is 2. The van der Waals surface area contributed by atoms with Crippen LogP contribution in [0.25, 0.3) is 0 Å². The van der Waals surface area contributed by atoms with Crippen LogP contribution >= 0.6 is 0 Å². The quantitative estimate of drug-likeness (QED) is 0.795. The lowest BCUT2D eigenvalue weighted by molar-refractivity contribution is -0.116. The zero-order valence-electron chi connectivity index (χ0n) is 14.6. The van der Waals surface area contributed by atoms with E-state index in [1.165, 1.54) is 5.56 Å². The fraction of sp³-hybridized carbons (Fsp3) is 0.333. The molecule has 1 heterocycles. The Bertz CT molecular complexity index is 753. The lowest BCUT2D eigenvalue weighted by atomic mass is 10.1. The first kappa shape index (κ1) is 17.2. The van der Waals surface area contributed by atoms with Crippen LogP contribution in [0.4, 0.5) is 11.4 Å². The molecule has 0 unspecified atom stereocenters. The number of benzene rings is 2. The van der Waals surface area contributed by atoms with Gasteiger partial charge in [-0.2, -0.15) is 0 Å². The Hall–Kier alpha value is -2.62. The van der Waals surface area contributed by atoms with Crippen molar-refractivity contribution in [3.05, 3.63) is 59.7 Å². The second-order valence-corrected chi connectivity index (χ2v) is 6.42. The predicted octanol–water partition coefficient (Wildman–Crippen LogP) is 4.41. The Morgan fingerprint density at radius 1 is 1.04 bits per heavy atom. The lowest BCUT2D eigenvalue weighted by Crippen LogP contribution is -2.28. The van der Waals surface area contributed by atoms with E-state index in [0.717, 1.165) is 37.1 Å². The van der Waals surface area contributed by atoms with Crippen LogP contribution in [0, 0.1) is 0 Å². The molecule has 0 radical (unpaired) electrons. The van der Waals surface area contributed by atoms with Crippen LogP contribution in [0.15, 0.2) is 48.5 Å². The summed E-state index contributed by atoms with van der Waals surface area (Å²) in [5.41, 5.74) is 3.59. The van der Waals surface area contributed by atoms with Gasteiger partial charge in [-0.3, -0.25) is 9.59 Å². The summed E-state index contributed by atoms with van der Waals surface area (Å²) in [7, 11) is 0. The van der Waals surface area contributed by atoms with E-state index in [-0.39, 0.29) is 11.8 Å². The van der Waals surface area contributed by atoms with Crippen molar-refractivity contribution in [3.63, 3.8) is 0 Å². The molecule has 0 aromatic heterocycles. The summed E-state index contributed by atoms with van der Waals surface area (Å²) >= 11 is 0. The smallest absolute Gasteiger partial charge is 0.258 e. The third-order valence-electron chi connectivity index (χ3n) is 4.56. The fourth-order valence-electron chi connectivity index (χ4n) is 3.16. The molecular weight excluding hydrogens is 312 g/mol. The number of rotatable bonds is 6. The van der Waals surface area contributed by atoms with Gasteiger partial charge in [-0.1, -0.05) is 38.0 Å². The molecule has 0 aliphatic carbocycles. The molecule has 0 fully saturated rings. The number of carbonyl (C=O) groups excluding carboxylic acids is 2. The molecule has 1 aliphatic heterocycles. The number of nitrogens with zero attached hydrogens (tertiary/aromatic N) is 1. The fourth-order valence-corrected chi connectivity index (χ4v) is 3.16. The van der Waals surface area contributed by atoms with Gasteiger partial charge in [0.05, 0.1) is 0 Å². The maximum absolute atomic E-state index is 12.8. The van der Waals surface area contributed by atoms with E-state index in [0.29, 0.717) is 18.5 Å². The van der Waals surface area contributed by atoms with Crippen molar-refractivity contribution in [2.75, 3.05) is 16.8 Å². The van der Waals surface area contributed by atoms with Crippen LogP contribution in [0.1, 0.15) is 48.5 Å². The molecule has 0 atom stereocenters. The molecule has 0 bridgehead atoms. The Labute approximate surface area is 148 Å². The molecule has 130 valence electrons. The van der Waals surface area contributed by atoms with Crippen molar-refractivity contribution < 1.29 is 9.59 Å². The number of nitrogens with one attached hydrogen (secondary N) is 1. The van der Waals surface area contributed by atoms with Crippen LogP contribution in [-0.2, 0) is 11.2 Å². The number of unbranched alkanes of at least 4 members (excludes halogenated alkanes) is 2. The summed E-state index contributed by atoms with van der Waals surface area (Å²) < 4.78 is 0. The first-order valence-corrected chi connectivity index (χ1v) is 8.98. The van der Waals surface area contributed by atoms with E-state index in [9.17, 15) is 9.59 Å². The van der Waals surface area contributed by atoms with E-state index in [2.05, 4.69) is 18.3 Å². The minimum atomic E-state index is 0.00534. The Balaban J connectivity index is 1.63. The monoisotopic (exact) mass is 336 g/mol. The standard InChI is InChI=1S/C21H24N2O2/c1-2-3-4-9-20(24)22-18-12-10-17(11-13-18)21(25)23-15-14-16-7-5-6-8-19(16)23/h5-8,10-13H,2-4,9,14-15H2,1H3,(H,22,24). The highest BCUT2D eigenvalue weighted by molar-refractivity contribution is 6.07. The first-order chi connectivity index (χ1) is 12.2. The molecule has 2 aromatic rings. The number of carbonyl (C=O) groups is 2. The highest BCUT2D eigenvalue weighted by atomic mass is 16.2. The van der Waals surface area contributed by atoms with Crippen LogP contribution in [0.2, 0.25) is 0 Å². The molecule has 4 nitrogen and oxygen atoms in total. The molecule has 1 N–H and O–H groups in total. The third kappa shape index (κ3) is 4.08. The lowest BCUT2D eigenvalue weighted by Gasteiger charge is -2.17. The maximum atomic E-state index is 12.8. The minimum Gasteiger partial charge on any atom is -0.326 e. The SMILES string of the molecule is CCCCCC(=O)Nc1ccc(C(=O)N2CCc3ccccc32)cc1. The summed E-state index contributed by atoms with van der Waals surface area (Å²) in [6.07, 6.45) is 4.52. The predicted molar refractivity (Wildman–Crippen MR) is 101 cm³/mol. The van der Waals surface area contributed by atoms with Gasteiger partial charge in [-0.25, -0.2) is 0 Å². The number of para-hydroxylation sites is 1. The van der Waals surface area contributed by atoms with Gasteiger partial charge in [-0.05, 0) is 48.7 Å². The molecule has 2 aromatic carbocycles. The summed E-state index contributed by atoms with van der Waals surface area (Å²) in [5, 5.41) is 2.89. The highest BCUT2D eigenvalue weighted by Crippen LogP contribution is 2.29. The molecule has 0 spiro atoms. The van der Waals surface area contributed by atoms with Gasteiger partial charge in [0.1, 0.15) is 0 Å². The van der Waals surface area contributed by atoms with E-state index in [1.807, 2.05) is 23.1 Å². The zero-order valence-corrected chi connectivity index (χ0v) is 14.6. The van der Waals surface area contributed by atoms with Gasteiger partial charge in [0.15, 0.2) is 0 Å². The van der Waals surface area contributed by atoms with Crippen molar-refractivity contribution >= 4 is 23.2 Å². The molecule has 1 aliphatic rings. The molecule has 25 heavy (non-hydrogen) atoms. The average molecular weight is 336 g/mol.